The Morgan fingerprint density at radius 1 is 0.833 bits per heavy atom. The fraction of sp³-hybridized carbons (Fsp3) is 0.414. The number of carbonyl (C=O) groups is 3. The Balaban J connectivity index is 0.000000360. The van der Waals surface area contributed by atoms with Crippen molar-refractivity contribution in [1.29, 1.82) is 0 Å². The fourth-order valence-electron chi connectivity index (χ4n) is 3.16. The molecule has 1 N–H and O–H groups in total. The van der Waals surface area contributed by atoms with Crippen molar-refractivity contribution in [3.8, 4) is 5.75 Å². The van der Waals surface area contributed by atoms with Crippen LogP contribution in [-0.2, 0) is 23.8 Å². The summed E-state index contributed by atoms with van der Waals surface area (Å²) in [5, 5.41) is 9.58. The van der Waals surface area contributed by atoms with Gasteiger partial charge >= 0.3 is 17.9 Å². The Bertz CT molecular complexity index is 947. The van der Waals surface area contributed by atoms with E-state index in [0.717, 1.165) is 37.7 Å². The van der Waals surface area contributed by atoms with Crippen LogP contribution in [0, 0.1) is 0 Å². The second-order valence-corrected chi connectivity index (χ2v) is 7.86. The van der Waals surface area contributed by atoms with Gasteiger partial charge in [0.05, 0.1) is 13.2 Å². The Kier molecular flexibility index (Phi) is 15.0. The number of rotatable bonds is 12. The highest BCUT2D eigenvalue weighted by atomic mass is 16.6. The lowest BCUT2D eigenvalue weighted by Gasteiger charge is -2.16. The molecule has 0 fully saturated rings. The molecule has 2 aromatic carbocycles. The molecule has 2 aromatic rings. The van der Waals surface area contributed by atoms with Crippen LogP contribution in [0.2, 0.25) is 0 Å². The Hall–Kier alpha value is -3.61. The molecular formula is C29H38O7. The summed E-state index contributed by atoms with van der Waals surface area (Å²) in [5.41, 5.74) is 0.893. The standard InChI is InChI=1S/C15H22O3.C14H16O4/c1-3-5-6-9-12(4-2)18-15(17)13-10-7-8-11-14(13)16;1-3-17-13(15)12(14(16)18-4-2)10-11-8-6-5-7-9-11/h7-8,10-12,16H,3-6,9H2,1-2H3;5-10H,3-4H2,1-2H3. The molecule has 196 valence electrons. The van der Waals surface area contributed by atoms with Gasteiger partial charge in [0.2, 0.25) is 0 Å². The van der Waals surface area contributed by atoms with Gasteiger partial charge in [0, 0.05) is 0 Å². The van der Waals surface area contributed by atoms with Crippen molar-refractivity contribution in [3.05, 3.63) is 71.3 Å². The van der Waals surface area contributed by atoms with Gasteiger partial charge in [-0.1, -0.05) is 69.2 Å². The van der Waals surface area contributed by atoms with E-state index in [2.05, 4.69) is 6.92 Å². The van der Waals surface area contributed by atoms with Gasteiger partial charge in [-0.25, -0.2) is 14.4 Å². The number of phenols is 1. The SMILES string of the molecule is CCCCCC(CC)OC(=O)c1ccccc1O.CCOC(=O)C(=Cc1ccccc1)C(=O)OCC. The van der Waals surface area contributed by atoms with Crippen LogP contribution in [0.1, 0.15) is 75.7 Å². The predicted molar refractivity (Wildman–Crippen MR) is 139 cm³/mol. The normalized spacial score (nSPS) is 10.8. The predicted octanol–water partition coefficient (Wildman–Crippen LogP) is 6.10. The molecule has 7 nitrogen and oxygen atoms in total. The van der Waals surface area contributed by atoms with Gasteiger partial charge in [-0.3, -0.25) is 0 Å². The lowest BCUT2D eigenvalue weighted by atomic mass is 10.1. The summed E-state index contributed by atoms with van der Waals surface area (Å²) in [6, 6.07) is 15.5. The molecule has 0 saturated carbocycles. The number of ether oxygens (including phenoxy) is 3. The van der Waals surface area contributed by atoms with Crippen LogP contribution >= 0.6 is 0 Å². The zero-order valence-electron chi connectivity index (χ0n) is 21.7. The molecule has 1 atom stereocenters. The summed E-state index contributed by atoms with van der Waals surface area (Å²) in [5.74, 6) is -1.79. The summed E-state index contributed by atoms with van der Waals surface area (Å²) >= 11 is 0. The van der Waals surface area contributed by atoms with E-state index in [1.165, 1.54) is 12.1 Å². The number of phenolic OH excluding ortho intramolecular Hbond substituents is 1. The Morgan fingerprint density at radius 3 is 1.94 bits per heavy atom. The number of para-hydroxylation sites is 1. The molecule has 0 aliphatic rings. The first-order valence-electron chi connectivity index (χ1n) is 12.5. The van der Waals surface area contributed by atoms with Crippen molar-refractivity contribution < 1.29 is 33.7 Å². The molecule has 0 aliphatic carbocycles. The fourth-order valence-corrected chi connectivity index (χ4v) is 3.16. The Morgan fingerprint density at radius 2 is 1.42 bits per heavy atom. The molecule has 0 saturated heterocycles. The lowest BCUT2D eigenvalue weighted by molar-refractivity contribution is -0.146. The van der Waals surface area contributed by atoms with Gasteiger partial charge in [-0.15, -0.1) is 0 Å². The van der Waals surface area contributed by atoms with E-state index in [-0.39, 0.29) is 36.2 Å². The highest BCUT2D eigenvalue weighted by molar-refractivity contribution is 6.17. The van der Waals surface area contributed by atoms with Gasteiger partial charge in [0.1, 0.15) is 23.0 Å². The van der Waals surface area contributed by atoms with Crippen molar-refractivity contribution in [1.82, 2.24) is 0 Å². The van der Waals surface area contributed by atoms with E-state index in [9.17, 15) is 19.5 Å². The highest BCUT2D eigenvalue weighted by Crippen LogP contribution is 2.19. The van der Waals surface area contributed by atoms with Crippen molar-refractivity contribution >= 4 is 24.0 Å². The van der Waals surface area contributed by atoms with Crippen LogP contribution in [0.25, 0.3) is 6.08 Å². The minimum absolute atomic E-state index is 0.0223. The first kappa shape index (κ1) is 30.4. The summed E-state index contributed by atoms with van der Waals surface area (Å²) < 4.78 is 15.1. The molecule has 2 rings (SSSR count). The van der Waals surface area contributed by atoms with E-state index in [0.29, 0.717) is 0 Å². The molecule has 0 radical (unpaired) electrons. The van der Waals surface area contributed by atoms with Gasteiger partial charge in [-0.05, 0) is 56.9 Å². The maximum Gasteiger partial charge on any atom is 0.345 e. The molecule has 0 aliphatic heterocycles. The van der Waals surface area contributed by atoms with Crippen LogP contribution in [0.3, 0.4) is 0 Å². The molecule has 1 unspecified atom stereocenters. The third-order valence-corrected chi connectivity index (χ3v) is 5.08. The van der Waals surface area contributed by atoms with Crippen LogP contribution < -0.4 is 0 Å². The second-order valence-electron chi connectivity index (χ2n) is 7.86. The van der Waals surface area contributed by atoms with Crippen LogP contribution in [0.4, 0.5) is 0 Å². The first-order chi connectivity index (χ1) is 17.4. The zero-order valence-corrected chi connectivity index (χ0v) is 21.7. The third kappa shape index (κ3) is 11.2. The van der Waals surface area contributed by atoms with E-state index < -0.39 is 17.9 Å². The number of unbranched alkanes of at least 4 members (excludes halogenated alkanes) is 2. The van der Waals surface area contributed by atoms with E-state index in [4.69, 9.17) is 14.2 Å². The molecule has 0 spiro atoms. The largest absolute Gasteiger partial charge is 0.507 e. The minimum Gasteiger partial charge on any atom is -0.507 e. The van der Waals surface area contributed by atoms with Crippen LogP contribution in [-0.4, -0.2) is 42.3 Å². The molecular weight excluding hydrogens is 460 g/mol. The number of benzene rings is 2. The van der Waals surface area contributed by atoms with E-state index in [1.54, 1.807) is 44.2 Å². The van der Waals surface area contributed by atoms with Crippen LogP contribution in [0.15, 0.2) is 60.2 Å². The van der Waals surface area contributed by atoms with Crippen molar-refractivity contribution in [2.24, 2.45) is 0 Å². The van der Waals surface area contributed by atoms with Gasteiger partial charge in [0.25, 0.3) is 0 Å². The molecule has 0 amide bonds. The van der Waals surface area contributed by atoms with E-state index in [1.807, 2.05) is 25.1 Å². The smallest absolute Gasteiger partial charge is 0.345 e. The summed E-state index contributed by atoms with van der Waals surface area (Å²) in [6.07, 6.45) is 6.50. The number of esters is 3. The highest BCUT2D eigenvalue weighted by Gasteiger charge is 2.20. The summed E-state index contributed by atoms with van der Waals surface area (Å²) in [6.45, 7) is 7.95. The van der Waals surface area contributed by atoms with E-state index >= 15 is 0 Å². The monoisotopic (exact) mass is 498 g/mol. The number of hydrogen-bond donors (Lipinski definition) is 1. The molecule has 0 heterocycles. The average Bonchev–Trinajstić information content (AvgIpc) is 2.88. The quantitative estimate of drug-likeness (QED) is 0.0942. The van der Waals surface area contributed by atoms with Crippen molar-refractivity contribution in [2.75, 3.05) is 13.2 Å². The maximum atomic E-state index is 11.9. The second kappa shape index (κ2) is 17.8. The molecule has 0 bridgehead atoms. The molecule has 0 aromatic heterocycles. The van der Waals surface area contributed by atoms with Crippen LogP contribution in [0.5, 0.6) is 5.75 Å². The number of carbonyl (C=O) groups excluding carboxylic acids is 3. The lowest BCUT2D eigenvalue weighted by Crippen LogP contribution is -2.18. The molecule has 7 heteroatoms. The molecule has 36 heavy (non-hydrogen) atoms. The average molecular weight is 499 g/mol. The van der Waals surface area contributed by atoms with Gasteiger partial charge < -0.3 is 19.3 Å². The van der Waals surface area contributed by atoms with Crippen molar-refractivity contribution in [3.63, 3.8) is 0 Å². The van der Waals surface area contributed by atoms with Crippen molar-refractivity contribution in [2.45, 2.75) is 65.9 Å². The van der Waals surface area contributed by atoms with Gasteiger partial charge in [-0.2, -0.15) is 0 Å². The summed E-state index contributed by atoms with van der Waals surface area (Å²) in [4.78, 5) is 35.2. The topological polar surface area (TPSA) is 99.1 Å². The first-order valence-corrected chi connectivity index (χ1v) is 12.5. The third-order valence-electron chi connectivity index (χ3n) is 5.08. The Labute approximate surface area is 214 Å². The summed E-state index contributed by atoms with van der Waals surface area (Å²) in [7, 11) is 0. The number of hydrogen-bond acceptors (Lipinski definition) is 7. The minimum atomic E-state index is -0.667. The number of aromatic hydroxyl groups is 1. The zero-order chi connectivity index (χ0) is 26.8. The maximum absolute atomic E-state index is 11.9. The van der Waals surface area contributed by atoms with Gasteiger partial charge in [0.15, 0.2) is 0 Å².